The Morgan fingerprint density at radius 2 is 1.70 bits per heavy atom. The standard InChI is InChI=1S/C18H27N3S.C4H4O4/c1-3-12-21(14-11-16-8-5-4-6-9-16)13-7-10-17-15(2)20-18(19)22-17;5-3(6)1-2-4(7)8/h4-6,8-9H,3,7,10-14H2,1-2H3,(H2,19,20);1-2H,(H,5,6)(H,7,8). The predicted octanol–water partition coefficient (Wildman–Crippen LogP) is 3.63. The van der Waals surface area contributed by atoms with E-state index in [9.17, 15) is 9.59 Å². The molecule has 1 heterocycles. The Hall–Kier alpha value is -2.71. The average Bonchev–Trinajstić information content (AvgIpc) is 3.03. The molecule has 0 amide bonds. The molecule has 1 aromatic carbocycles. The number of hydrogen-bond donors (Lipinski definition) is 3. The third kappa shape index (κ3) is 11.3. The van der Waals surface area contributed by atoms with Crippen LogP contribution < -0.4 is 5.73 Å². The van der Waals surface area contributed by atoms with Crippen molar-refractivity contribution in [2.24, 2.45) is 0 Å². The summed E-state index contributed by atoms with van der Waals surface area (Å²) in [6.45, 7) is 7.78. The molecule has 4 N–H and O–H groups in total. The van der Waals surface area contributed by atoms with E-state index in [-0.39, 0.29) is 0 Å². The summed E-state index contributed by atoms with van der Waals surface area (Å²) in [5.74, 6) is -2.51. The largest absolute Gasteiger partial charge is 0.478 e. The molecule has 0 saturated heterocycles. The van der Waals surface area contributed by atoms with Gasteiger partial charge in [-0.15, -0.1) is 11.3 Å². The van der Waals surface area contributed by atoms with E-state index in [4.69, 9.17) is 15.9 Å². The van der Waals surface area contributed by atoms with E-state index in [0.29, 0.717) is 17.3 Å². The van der Waals surface area contributed by atoms with Crippen LogP contribution in [0.1, 0.15) is 35.9 Å². The number of nitrogens with two attached hydrogens (primary N) is 1. The molecule has 0 atom stereocenters. The van der Waals surface area contributed by atoms with Crippen LogP contribution in [0.25, 0.3) is 0 Å². The zero-order valence-corrected chi connectivity index (χ0v) is 18.4. The molecule has 1 aromatic heterocycles. The topological polar surface area (TPSA) is 117 Å². The van der Waals surface area contributed by atoms with Crippen molar-refractivity contribution in [3.8, 4) is 0 Å². The molecule has 7 nitrogen and oxygen atoms in total. The molecule has 2 rings (SSSR count). The molecule has 0 aliphatic rings. The van der Waals surface area contributed by atoms with E-state index in [0.717, 1.165) is 31.6 Å². The fourth-order valence-corrected chi connectivity index (χ4v) is 3.75. The van der Waals surface area contributed by atoms with Crippen LogP contribution in [0.4, 0.5) is 5.13 Å². The van der Waals surface area contributed by atoms with Gasteiger partial charge >= 0.3 is 11.9 Å². The Kier molecular flexibility index (Phi) is 12.1. The van der Waals surface area contributed by atoms with Gasteiger partial charge < -0.3 is 20.8 Å². The maximum absolute atomic E-state index is 9.55. The van der Waals surface area contributed by atoms with Crippen LogP contribution in [0.2, 0.25) is 0 Å². The highest BCUT2D eigenvalue weighted by Gasteiger charge is 2.08. The molecular formula is C22H31N3O4S. The van der Waals surface area contributed by atoms with Crippen molar-refractivity contribution in [1.29, 1.82) is 0 Å². The Morgan fingerprint density at radius 3 is 2.20 bits per heavy atom. The van der Waals surface area contributed by atoms with Gasteiger partial charge in [-0.1, -0.05) is 37.3 Å². The molecule has 30 heavy (non-hydrogen) atoms. The van der Waals surface area contributed by atoms with Crippen molar-refractivity contribution in [2.75, 3.05) is 25.4 Å². The van der Waals surface area contributed by atoms with Crippen molar-refractivity contribution >= 4 is 28.4 Å². The molecule has 0 bridgehead atoms. The first-order valence-electron chi connectivity index (χ1n) is 9.93. The van der Waals surface area contributed by atoms with E-state index in [1.54, 1.807) is 11.3 Å². The summed E-state index contributed by atoms with van der Waals surface area (Å²) >= 11 is 1.64. The molecular weight excluding hydrogens is 402 g/mol. The third-order valence-electron chi connectivity index (χ3n) is 4.26. The van der Waals surface area contributed by atoms with Gasteiger partial charge in [0.05, 0.1) is 5.69 Å². The molecule has 0 saturated carbocycles. The zero-order valence-electron chi connectivity index (χ0n) is 17.6. The van der Waals surface area contributed by atoms with Crippen molar-refractivity contribution in [1.82, 2.24) is 9.88 Å². The second-order valence-electron chi connectivity index (χ2n) is 6.75. The SMILES string of the molecule is CCCN(CCCc1sc(N)nc1C)CCc1ccccc1.O=C(O)C=CC(=O)O. The lowest BCUT2D eigenvalue weighted by molar-refractivity contribution is -0.134. The number of rotatable bonds is 11. The number of carboxylic acids is 2. The Bertz CT molecular complexity index is 790. The number of anilines is 1. The molecule has 164 valence electrons. The summed E-state index contributed by atoms with van der Waals surface area (Å²) in [6, 6.07) is 10.8. The first-order chi connectivity index (χ1) is 14.3. The maximum Gasteiger partial charge on any atom is 0.328 e. The van der Waals surface area contributed by atoms with Crippen LogP contribution in [0.3, 0.4) is 0 Å². The summed E-state index contributed by atoms with van der Waals surface area (Å²) in [5, 5.41) is 16.3. The summed E-state index contributed by atoms with van der Waals surface area (Å²) in [4.78, 5) is 27.3. The van der Waals surface area contributed by atoms with E-state index < -0.39 is 11.9 Å². The molecule has 0 radical (unpaired) electrons. The summed E-state index contributed by atoms with van der Waals surface area (Å²) in [5.41, 5.74) is 8.30. The molecule has 0 aliphatic carbocycles. The van der Waals surface area contributed by atoms with Gasteiger partial charge in [0.1, 0.15) is 0 Å². The number of benzene rings is 1. The summed E-state index contributed by atoms with van der Waals surface area (Å²) in [6.07, 6.45) is 5.73. The van der Waals surface area contributed by atoms with Crippen molar-refractivity contribution in [3.63, 3.8) is 0 Å². The van der Waals surface area contributed by atoms with Gasteiger partial charge in [0, 0.05) is 23.6 Å². The molecule has 0 spiro atoms. The third-order valence-corrected chi connectivity index (χ3v) is 5.30. The number of carbonyl (C=O) groups is 2. The van der Waals surface area contributed by atoms with E-state index in [1.165, 1.54) is 29.8 Å². The number of nitrogens with zero attached hydrogens (tertiary/aromatic N) is 2. The number of aryl methyl sites for hydroxylation is 2. The minimum absolute atomic E-state index is 0.558. The lowest BCUT2D eigenvalue weighted by atomic mass is 10.1. The Balaban J connectivity index is 0.000000479. The fraction of sp³-hybridized carbons (Fsp3) is 0.409. The van der Waals surface area contributed by atoms with Gasteiger partial charge in [0.2, 0.25) is 0 Å². The van der Waals surface area contributed by atoms with Crippen molar-refractivity contribution in [2.45, 2.75) is 39.5 Å². The lowest BCUT2D eigenvalue weighted by Gasteiger charge is -2.21. The first-order valence-corrected chi connectivity index (χ1v) is 10.8. The van der Waals surface area contributed by atoms with Crippen LogP contribution in [0, 0.1) is 6.92 Å². The fourth-order valence-electron chi connectivity index (χ4n) is 2.87. The Labute approximate surface area is 181 Å². The van der Waals surface area contributed by atoms with E-state index >= 15 is 0 Å². The molecule has 0 fully saturated rings. The molecule has 0 aliphatic heterocycles. The van der Waals surface area contributed by atoms with E-state index in [2.05, 4.69) is 54.1 Å². The smallest absolute Gasteiger partial charge is 0.328 e. The van der Waals surface area contributed by atoms with Gasteiger partial charge in [0.15, 0.2) is 5.13 Å². The van der Waals surface area contributed by atoms with Gasteiger partial charge in [-0.05, 0) is 51.3 Å². The number of thiazole rings is 1. The minimum atomic E-state index is -1.26. The van der Waals surface area contributed by atoms with Crippen LogP contribution in [-0.4, -0.2) is 51.7 Å². The number of hydrogen-bond acceptors (Lipinski definition) is 6. The van der Waals surface area contributed by atoms with Gasteiger partial charge in [-0.3, -0.25) is 0 Å². The zero-order chi connectivity index (χ0) is 22.4. The van der Waals surface area contributed by atoms with Gasteiger partial charge in [-0.2, -0.15) is 0 Å². The van der Waals surface area contributed by atoms with Crippen LogP contribution in [0.5, 0.6) is 0 Å². The van der Waals surface area contributed by atoms with Crippen LogP contribution in [0.15, 0.2) is 42.5 Å². The summed E-state index contributed by atoms with van der Waals surface area (Å²) < 4.78 is 0. The second-order valence-corrected chi connectivity index (χ2v) is 7.87. The molecule has 8 heteroatoms. The van der Waals surface area contributed by atoms with E-state index in [1.807, 2.05) is 0 Å². The monoisotopic (exact) mass is 433 g/mol. The van der Waals surface area contributed by atoms with Gasteiger partial charge in [0.25, 0.3) is 0 Å². The number of aliphatic carboxylic acids is 2. The highest BCUT2D eigenvalue weighted by Crippen LogP contribution is 2.21. The van der Waals surface area contributed by atoms with Crippen molar-refractivity contribution in [3.05, 3.63) is 58.6 Å². The Morgan fingerprint density at radius 1 is 1.07 bits per heavy atom. The highest BCUT2D eigenvalue weighted by atomic mass is 32.1. The second kappa shape index (κ2) is 14.3. The molecule has 0 unspecified atom stereocenters. The summed E-state index contributed by atoms with van der Waals surface area (Å²) in [7, 11) is 0. The van der Waals surface area contributed by atoms with Gasteiger partial charge in [-0.25, -0.2) is 14.6 Å². The van der Waals surface area contributed by atoms with Crippen molar-refractivity contribution < 1.29 is 19.8 Å². The first kappa shape index (κ1) is 25.3. The average molecular weight is 434 g/mol. The lowest BCUT2D eigenvalue weighted by Crippen LogP contribution is -2.28. The van der Waals surface area contributed by atoms with Crippen LogP contribution in [-0.2, 0) is 22.4 Å². The van der Waals surface area contributed by atoms with Crippen LogP contribution >= 0.6 is 11.3 Å². The number of nitrogen functional groups attached to an aromatic ring is 1. The highest BCUT2D eigenvalue weighted by molar-refractivity contribution is 7.15. The molecule has 2 aromatic rings. The normalized spacial score (nSPS) is 10.8. The number of aromatic nitrogens is 1. The minimum Gasteiger partial charge on any atom is -0.478 e. The maximum atomic E-state index is 9.55. The predicted molar refractivity (Wildman–Crippen MR) is 121 cm³/mol. The number of carboxylic acid groups (broad SMARTS) is 2. The quantitative estimate of drug-likeness (QED) is 0.463.